The molecule has 2 aliphatic rings. The second kappa shape index (κ2) is 5.67. The van der Waals surface area contributed by atoms with Crippen molar-refractivity contribution in [2.75, 3.05) is 19.6 Å². The molecule has 5 nitrogen and oxygen atoms in total. The second-order valence-corrected chi connectivity index (χ2v) is 6.83. The van der Waals surface area contributed by atoms with Crippen molar-refractivity contribution in [3.63, 3.8) is 0 Å². The molecule has 3 heterocycles. The lowest BCUT2D eigenvalue weighted by Gasteiger charge is -2.39. The van der Waals surface area contributed by atoms with Gasteiger partial charge in [0.25, 0.3) is 0 Å². The van der Waals surface area contributed by atoms with Gasteiger partial charge in [0.05, 0.1) is 12.0 Å². The maximum atomic E-state index is 12.7. The smallest absolute Gasteiger partial charge is 0.320 e. The summed E-state index contributed by atoms with van der Waals surface area (Å²) >= 11 is 1.75. The summed E-state index contributed by atoms with van der Waals surface area (Å²) in [4.78, 5) is 28.8. The number of likely N-dealkylation sites (tertiary alicyclic amines) is 1. The second-order valence-electron chi connectivity index (χ2n) is 5.82. The van der Waals surface area contributed by atoms with E-state index in [1.165, 1.54) is 10.4 Å². The molecule has 2 unspecified atom stereocenters. The van der Waals surface area contributed by atoms with Crippen LogP contribution in [0.25, 0.3) is 0 Å². The summed E-state index contributed by atoms with van der Waals surface area (Å²) < 4.78 is 0. The minimum Gasteiger partial charge on any atom is -0.481 e. The quantitative estimate of drug-likeness (QED) is 0.867. The Morgan fingerprint density at radius 3 is 2.95 bits per heavy atom. The van der Waals surface area contributed by atoms with Crippen LogP contribution in [0.3, 0.4) is 0 Å². The summed E-state index contributed by atoms with van der Waals surface area (Å²) in [6.45, 7) is 3.79. The van der Waals surface area contributed by atoms with Crippen LogP contribution < -0.4 is 0 Å². The average Bonchev–Trinajstić information content (AvgIpc) is 2.96. The number of thiophene rings is 1. The van der Waals surface area contributed by atoms with Crippen molar-refractivity contribution in [1.29, 1.82) is 0 Å². The molecule has 2 atom stereocenters. The molecule has 2 amide bonds. The van der Waals surface area contributed by atoms with E-state index in [1.807, 2.05) is 4.90 Å². The largest absolute Gasteiger partial charge is 0.481 e. The number of carbonyl (C=O) groups excluding carboxylic acids is 1. The van der Waals surface area contributed by atoms with Crippen molar-refractivity contribution < 1.29 is 14.7 Å². The van der Waals surface area contributed by atoms with E-state index in [4.69, 9.17) is 5.11 Å². The van der Waals surface area contributed by atoms with Crippen molar-refractivity contribution in [3.8, 4) is 0 Å². The lowest BCUT2D eigenvalue weighted by molar-refractivity contribution is -0.143. The van der Waals surface area contributed by atoms with Gasteiger partial charge in [-0.15, -0.1) is 11.3 Å². The average molecular weight is 308 g/mol. The van der Waals surface area contributed by atoms with Gasteiger partial charge in [-0.1, -0.05) is 0 Å². The Morgan fingerprint density at radius 2 is 2.19 bits per heavy atom. The molecule has 0 radical (unpaired) electrons. The number of carbonyl (C=O) groups is 2. The van der Waals surface area contributed by atoms with Crippen LogP contribution in [0, 0.1) is 5.92 Å². The molecule has 0 bridgehead atoms. The molecule has 114 valence electrons. The van der Waals surface area contributed by atoms with Crippen LogP contribution in [0.2, 0.25) is 0 Å². The van der Waals surface area contributed by atoms with E-state index in [2.05, 4.69) is 18.4 Å². The van der Waals surface area contributed by atoms with Gasteiger partial charge in [-0.2, -0.15) is 0 Å². The first-order chi connectivity index (χ1) is 10.1. The zero-order valence-corrected chi connectivity index (χ0v) is 12.9. The van der Waals surface area contributed by atoms with E-state index in [1.54, 1.807) is 16.2 Å². The van der Waals surface area contributed by atoms with E-state index < -0.39 is 11.9 Å². The van der Waals surface area contributed by atoms with Gasteiger partial charge in [-0.3, -0.25) is 4.79 Å². The molecule has 2 aliphatic heterocycles. The summed E-state index contributed by atoms with van der Waals surface area (Å²) in [5.74, 6) is -1.21. The van der Waals surface area contributed by atoms with E-state index in [0.29, 0.717) is 19.5 Å². The fraction of sp³-hybridized carbons (Fsp3) is 0.600. The molecule has 1 N–H and O–H groups in total. The minimum atomic E-state index is -0.792. The van der Waals surface area contributed by atoms with Gasteiger partial charge in [0.2, 0.25) is 0 Å². The predicted octanol–water partition coefficient (Wildman–Crippen LogP) is 2.58. The summed E-state index contributed by atoms with van der Waals surface area (Å²) in [5.41, 5.74) is 1.24. The third-order valence-electron chi connectivity index (χ3n) is 4.56. The predicted molar refractivity (Wildman–Crippen MR) is 80.5 cm³/mol. The van der Waals surface area contributed by atoms with Crippen LogP contribution in [-0.4, -0.2) is 46.5 Å². The molecule has 0 saturated carbocycles. The number of aliphatic carboxylic acids is 1. The van der Waals surface area contributed by atoms with Gasteiger partial charge < -0.3 is 14.9 Å². The molecular formula is C15H20N2O3S. The molecule has 0 spiro atoms. The molecule has 1 aromatic heterocycles. The Bertz CT molecular complexity index is 557. The van der Waals surface area contributed by atoms with E-state index in [9.17, 15) is 9.59 Å². The number of urea groups is 1. The first-order valence-corrected chi connectivity index (χ1v) is 8.30. The van der Waals surface area contributed by atoms with Crippen molar-refractivity contribution in [2.45, 2.75) is 32.2 Å². The Morgan fingerprint density at radius 1 is 1.38 bits per heavy atom. The van der Waals surface area contributed by atoms with Crippen LogP contribution in [0.15, 0.2) is 11.4 Å². The Hall–Kier alpha value is -1.56. The van der Waals surface area contributed by atoms with Crippen LogP contribution >= 0.6 is 11.3 Å². The van der Waals surface area contributed by atoms with Crippen molar-refractivity contribution >= 4 is 23.3 Å². The van der Waals surface area contributed by atoms with Crippen molar-refractivity contribution in [2.24, 2.45) is 5.92 Å². The van der Waals surface area contributed by atoms with Crippen LogP contribution in [0.4, 0.5) is 4.79 Å². The van der Waals surface area contributed by atoms with Gasteiger partial charge in [0.15, 0.2) is 0 Å². The van der Waals surface area contributed by atoms with E-state index in [0.717, 1.165) is 19.4 Å². The standard InChI is InChI=1S/C15H20N2O3S/c1-10-12-5-8-21-13(12)4-7-17(10)15(20)16-6-2-3-11(9-16)14(18)19/h5,8,10-11H,2-4,6-7,9H2,1H3,(H,18,19). The summed E-state index contributed by atoms with van der Waals surface area (Å²) in [7, 11) is 0. The lowest BCUT2D eigenvalue weighted by Crippen LogP contribution is -2.50. The normalized spacial score (nSPS) is 25.6. The Labute approximate surface area is 128 Å². The SMILES string of the molecule is CC1c2ccsc2CCN1C(=O)N1CCCC(C(=O)O)C1. The summed E-state index contributed by atoms with van der Waals surface area (Å²) in [6, 6.07) is 2.17. The van der Waals surface area contributed by atoms with Gasteiger partial charge >= 0.3 is 12.0 Å². The first-order valence-electron chi connectivity index (χ1n) is 7.42. The highest BCUT2D eigenvalue weighted by Gasteiger charge is 2.34. The highest BCUT2D eigenvalue weighted by Crippen LogP contribution is 2.33. The number of carboxylic acids is 1. The molecule has 1 fully saturated rings. The van der Waals surface area contributed by atoms with Gasteiger partial charge in [0, 0.05) is 24.5 Å². The number of fused-ring (bicyclic) bond motifs is 1. The number of hydrogen-bond donors (Lipinski definition) is 1. The van der Waals surface area contributed by atoms with Crippen LogP contribution in [-0.2, 0) is 11.2 Å². The number of nitrogens with zero attached hydrogens (tertiary/aromatic N) is 2. The molecule has 0 aliphatic carbocycles. The monoisotopic (exact) mass is 308 g/mol. The van der Waals surface area contributed by atoms with Gasteiger partial charge in [0.1, 0.15) is 0 Å². The fourth-order valence-corrected chi connectivity index (χ4v) is 4.27. The van der Waals surface area contributed by atoms with Crippen LogP contribution in [0.1, 0.15) is 36.2 Å². The topological polar surface area (TPSA) is 60.9 Å². The molecule has 1 saturated heterocycles. The number of hydrogen-bond acceptors (Lipinski definition) is 3. The number of piperidine rings is 1. The third kappa shape index (κ3) is 2.64. The molecular weight excluding hydrogens is 288 g/mol. The summed E-state index contributed by atoms with van der Waals surface area (Å²) in [5, 5.41) is 11.2. The van der Waals surface area contributed by atoms with Crippen molar-refractivity contribution in [3.05, 3.63) is 21.9 Å². The Balaban J connectivity index is 1.72. The maximum Gasteiger partial charge on any atom is 0.320 e. The highest BCUT2D eigenvalue weighted by atomic mass is 32.1. The third-order valence-corrected chi connectivity index (χ3v) is 5.56. The van der Waals surface area contributed by atoms with Crippen LogP contribution in [0.5, 0.6) is 0 Å². The zero-order valence-electron chi connectivity index (χ0n) is 12.1. The van der Waals surface area contributed by atoms with Gasteiger partial charge in [-0.25, -0.2) is 4.79 Å². The number of rotatable bonds is 1. The molecule has 3 rings (SSSR count). The van der Waals surface area contributed by atoms with E-state index >= 15 is 0 Å². The van der Waals surface area contributed by atoms with Crippen molar-refractivity contribution in [1.82, 2.24) is 9.80 Å². The maximum absolute atomic E-state index is 12.7. The minimum absolute atomic E-state index is 0.00898. The number of amides is 2. The van der Waals surface area contributed by atoms with Gasteiger partial charge in [-0.05, 0) is 43.2 Å². The lowest BCUT2D eigenvalue weighted by atomic mass is 9.98. The first kappa shape index (κ1) is 14.4. The molecule has 21 heavy (non-hydrogen) atoms. The Kier molecular flexibility index (Phi) is 3.89. The number of carboxylic acid groups (broad SMARTS) is 1. The molecule has 1 aromatic rings. The fourth-order valence-electron chi connectivity index (χ4n) is 3.30. The molecule has 6 heteroatoms. The molecule has 0 aromatic carbocycles. The zero-order chi connectivity index (χ0) is 15.0. The summed E-state index contributed by atoms with van der Waals surface area (Å²) in [6.07, 6.45) is 2.34. The van der Waals surface area contributed by atoms with E-state index in [-0.39, 0.29) is 12.1 Å². The highest BCUT2D eigenvalue weighted by molar-refractivity contribution is 7.10.